The van der Waals surface area contributed by atoms with E-state index in [-0.39, 0.29) is 4.90 Å². The molecule has 6 nitrogen and oxygen atoms in total. The van der Waals surface area contributed by atoms with Crippen molar-refractivity contribution in [2.24, 2.45) is 5.14 Å². The van der Waals surface area contributed by atoms with Crippen LogP contribution in [-0.4, -0.2) is 28.9 Å². The van der Waals surface area contributed by atoms with Crippen LogP contribution in [0.1, 0.15) is 0 Å². The molecular formula is C9H13N3O3S. The molecule has 0 fully saturated rings. The Balaban J connectivity index is 3.33. The Morgan fingerprint density at radius 1 is 1.38 bits per heavy atom. The van der Waals surface area contributed by atoms with Crippen LogP contribution in [0.5, 0.6) is 0 Å². The molecule has 1 aromatic carbocycles. The number of hydrogen-bond acceptors (Lipinski definition) is 4. The van der Waals surface area contributed by atoms with Gasteiger partial charge in [0.15, 0.2) is 0 Å². The van der Waals surface area contributed by atoms with E-state index in [1.165, 1.54) is 12.1 Å². The minimum absolute atomic E-state index is 0.0394. The lowest BCUT2D eigenvalue weighted by Gasteiger charge is -2.17. The second kappa shape index (κ2) is 4.50. The number of nitrogens with two attached hydrogens (primary N) is 1. The molecule has 1 amide bonds. The molecule has 0 aliphatic heterocycles. The fraction of sp³-hybridized carbons (Fsp3) is 0.222. The van der Waals surface area contributed by atoms with Crippen molar-refractivity contribution < 1.29 is 13.2 Å². The van der Waals surface area contributed by atoms with E-state index in [0.717, 1.165) is 0 Å². The highest BCUT2D eigenvalue weighted by Gasteiger charge is 2.12. The minimum atomic E-state index is -3.76. The number of sulfonamides is 1. The van der Waals surface area contributed by atoms with Gasteiger partial charge in [-0.15, -0.1) is 0 Å². The highest BCUT2D eigenvalue weighted by Crippen LogP contribution is 2.26. The van der Waals surface area contributed by atoms with Crippen LogP contribution in [0.15, 0.2) is 23.1 Å². The Morgan fingerprint density at radius 2 is 2.00 bits per heavy atom. The van der Waals surface area contributed by atoms with Crippen molar-refractivity contribution in [1.82, 2.24) is 0 Å². The fourth-order valence-electron chi connectivity index (χ4n) is 1.26. The first-order chi connectivity index (χ1) is 7.36. The Morgan fingerprint density at radius 3 is 2.44 bits per heavy atom. The molecule has 1 aromatic rings. The van der Waals surface area contributed by atoms with Crippen molar-refractivity contribution in [3.05, 3.63) is 18.2 Å². The highest BCUT2D eigenvalue weighted by molar-refractivity contribution is 7.89. The number of rotatable bonds is 4. The minimum Gasteiger partial charge on any atom is -0.376 e. The smallest absolute Gasteiger partial charge is 0.238 e. The third-order valence-electron chi connectivity index (χ3n) is 1.99. The average Bonchev–Trinajstić information content (AvgIpc) is 2.16. The van der Waals surface area contributed by atoms with Crippen molar-refractivity contribution in [2.75, 3.05) is 24.3 Å². The van der Waals surface area contributed by atoms with Crippen LogP contribution in [-0.2, 0) is 14.8 Å². The molecule has 0 saturated carbocycles. The third kappa shape index (κ3) is 2.71. The van der Waals surface area contributed by atoms with E-state index in [9.17, 15) is 13.2 Å². The molecule has 0 spiro atoms. The van der Waals surface area contributed by atoms with Crippen molar-refractivity contribution in [2.45, 2.75) is 4.90 Å². The summed E-state index contributed by atoms with van der Waals surface area (Å²) in [5.41, 5.74) is 1.09. The van der Waals surface area contributed by atoms with Gasteiger partial charge in [-0.25, -0.2) is 13.6 Å². The number of nitrogens with one attached hydrogen (secondary N) is 1. The molecule has 0 unspecified atom stereocenters. The van der Waals surface area contributed by atoms with Crippen LogP contribution < -0.4 is 15.4 Å². The molecule has 16 heavy (non-hydrogen) atoms. The quantitative estimate of drug-likeness (QED) is 0.726. The highest BCUT2D eigenvalue weighted by atomic mass is 32.2. The van der Waals surface area contributed by atoms with Crippen LogP contribution in [0, 0.1) is 0 Å². The Kier molecular flexibility index (Phi) is 3.51. The van der Waals surface area contributed by atoms with Crippen molar-refractivity contribution >= 4 is 27.8 Å². The van der Waals surface area contributed by atoms with Crippen LogP contribution in [0.3, 0.4) is 0 Å². The summed E-state index contributed by atoms with van der Waals surface area (Å²) in [5.74, 6) is 0. The van der Waals surface area contributed by atoms with Gasteiger partial charge in [-0.1, -0.05) is 0 Å². The number of carbonyl (C=O) groups is 1. The predicted molar refractivity (Wildman–Crippen MR) is 61.8 cm³/mol. The number of primary sulfonamides is 1. The molecule has 0 radical (unpaired) electrons. The molecule has 0 atom stereocenters. The second-order valence-electron chi connectivity index (χ2n) is 3.38. The van der Waals surface area contributed by atoms with Crippen molar-refractivity contribution in [1.29, 1.82) is 0 Å². The summed E-state index contributed by atoms with van der Waals surface area (Å²) in [5, 5.41) is 7.42. The van der Waals surface area contributed by atoms with Gasteiger partial charge >= 0.3 is 0 Å². The van der Waals surface area contributed by atoms with E-state index >= 15 is 0 Å². The van der Waals surface area contributed by atoms with Gasteiger partial charge < -0.3 is 10.2 Å². The molecule has 0 heterocycles. The molecule has 7 heteroatoms. The summed E-state index contributed by atoms with van der Waals surface area (Å²) in [6.45, 7) is 0. The zero-order chi connectivity index (χ0) is 12.3. The van der Waals surface area contributed by atoms with E-state index in [0.29, 0.717) is 17.8 Å². The molecule has 3 N–H and O–H groups in total. The van der Waals surface area contributed by atoms with Crippen LogP contribution in [0.25, 0.3) is 0 Å². The lowest BCUT2D eigenvalue weighted by atomic mass is 10.2. The molecule has 1 rings (SSSR count). The van der Waals surface area contributed by atoms with Crippen LogP contribution in [0.4, 0.5) is 11.4 Å². The molecule has 0 saturated heterocycles. The van der Waals surface area contributed by atoms with Gasteiger partial charge in [0.2, 0.25) is 16.4 Å². The maximum atomic E-state index is 11.1. The second-order valence-corrected chi connectivity index (χ2v) is 4.94. The lowest BCUT2D eigenvalue weighted by Crippen LogP contribution is -2.15. The van der Waals surface area contributed by atoms with Crippen LogP contribution in [0.2, 0.25) is 0 Å². The molecule has 88 valence electrons. The number of hydrogen-bond donors (Lipinski definition) is 2. The van der Waals surface area contributed by atoms with E-state index < -0.39 is 10.0 Å². The third-order valence-corrected chi connectivity index (χ3v) is 2.90. The molecule has 0 aliphatic carbocycles. The summed E-state index contributed by atoms with van der Waals surface area (Å²) in [6, 6.07) is 4.28. The summed E-state index contributed by atoms with van der Waals surface area (Å²) in [6.07, 6.45) is 0.481. The van der Waals surface area contributed by atoms with E-state index in [4.69, 9.17) is 5.14 Å². The monoisotopic (exact) mass is 243 g/mol. The van der Waals surface area contributed by atoms with Gasteiger partial charge in [-0.3, -0.25) is 4.79 Å². The first-order valence-corrected chi connectivity index (χ1v) is 5.95. The zero-order valence-electron chi connectivity index (χ0n) is 8.97. The normalized spacial score (nSPS) is 10.9. The maximum Gasteiger partial charge on any atom is 0.238 e. The first-order valence-electron chi connectivity index (χ1n) is 4.40. The summed E-state index contributed by atoms with van der Waals surface area (Å²) in [7, 11) is -0.201. The predicted octanol–water partition coefficient (Wildman–Crippen LogP) is -0.0317. The molecule has 0 bridgehead atoms. The molecule has 0 aliphatic rings. The Hall–Kier alpha value is -1.60. The average molecular weight is 243 g/mol. The zero-order valence-corrected chi connectivity index (χ0v) is 9.78. The number of carbonyl (C=O) groups excluding carboxylic acids is 1. The van der Waals surface area contributed by atoms with Gasteiger partial charge in [0.25, 0.3) is 0 Å². The lowest BCUT2D eigenvalue weighted by molar-refractivity contribution is -0.105. The largest absolute Gasteiger partial charge is 0.376 e. The van der Waals surface area contributed by atoms with E-state index in [2.05, 4.69) is 5.32 Å². The number of anilines is 2. The summed E-state index contributed by atoms with van der Waals surface area (Å²) in [4.78, 5) is 12.1. The maximum absolute atomic E-state index is 11.1. The number of nitrogens with zero attached hydrogens (tertiary/aromatic N) is 1. The van der Waals surface area contributed by atoms with Gasteiger partial charge in [0.05, 0.1) is 16.3 Å². The van der Waals surface area contributed by atoms with Crippen molar-refractivity contribution in [3.63, 3.8) is 0 Å². The van der Waals surface area contributed by atoms with Crippen LogP contribution >= 0.6 is 0 Å². The summed E-state index contributed by atoms with van der Waals surface area (Å²) >= 11 is 0. The number of amides is 1. The van der Waals surface area contributed by atoms with E-state index in [1.54, 1.807) is 25.1 Å². The molecular weight excluding hydrogens is 230 g/mol. The van der Waals surface area contributed by atoms with Gasteiger partial charge in [-0.2, -0.15) is 0 Å². The summed E-state index contributed by atoms with van der Waals surface area (Å²) < 4.78 is 22.2. The van der Waals surface area contributed by atoms with E-state index in [1.807, 2.05) is 0 Å². The van der Waals surface area contributed by atoms with Crippen molar-refractivity contribution in [3.8, 4) is 0 Å². The van der Waals surface area contributed by atoms with Gasteiger partial charge in [0.1, 0.15) is 0 Å². The van der Waals surface area contributed by atoms with Gasteiger partial charge in [-0.05, 0) is 18.2 Å². The fourth-order valence-corrected chi connectivity index (χ4v) is 1.80. The SMILES string of the molecule is CN(C)c1ccc(S(N)(=O)=O)cc1NC=O. The topological polar surface area (TPSA) is 92.5 Å². The first kappa shape index (κ1) is 12.5. The Labute approximate surface area is 94.1 Å². The molecule has 0 aromatic heterocycles. The number of benzene rings is 1. The standard InChI is InChI=1S/C9H13N3O3S/c1-12(2)9-4-3-7(16(10,14)15)5-8(9)11-6-13/h3-6H,1-2H3,(H,11,13)(H2,10,14,15). The Bertz CT molecular complexity index is 497. The van der Waals surface area contributed by atoms with Gasteiger partial charge in [0, 0.05) is 14.1 Å².